The van der Waals surface area contributed by atoms with Gasteiger partial charge in [-0.05, 0) is 51.0 Å². The number of rotatable bonds is 6. The molecule has 4 nitrogen and oxygen atoms in total. The van der Waals surface area contributed by atoms with E-state index in [2.05, 4.69) is 19.2 Å². The lowest BCUT2D eigenvalue weighted by Crippen LogP contribution is -2.46. The monoisotopic (exact) mass is 297 g/mol. The molecule has 2 N–H and O–H groups in total. The van der Waals surface area contributed by atoms with Crippen LogP contribution in [0, 0.1) is 5.82 Å². The first-order valence-electron chi connectivity index (χ1n) is 7.38. The molecule has 1 aromatic carbocycles. The molecule has 1 aliphatic heterocycles. The van der Waals surface area contributed by atoms with Crippen LogP contribution in [0.1, 0.15) is 26.7 Å². The molecule has 118 valence electrons. The van der Waals surface area contributed by atoms with Gasteiger partial charge in [0, 0.05) is 19.2 Å². The minimum Gasteiger partial charge on any atom is -0.491 e. The maximum atomic E-state index is 12.7. The van der Waals surface area contributed by atoms with Gasteiger partial charge in [-0.2, -0.15) is 0 Å². The average molecular weight is 297 g/mol. The summed E-state index contributed by atoms with van der Waals surface area (Å²) >= 11 is 0. The van der Waals surface area contributed by atoms with E-state index < -0.39 is 6.10 Å². The summed E-state index contributed by atoms with van der Waals surface area (Å²) in [4.78, 5) is 0. The predicted molar refractivity (Wildman–Crippen MR) is 79.0 cm³/mol. The molecule has 21 heavy (non-hydrogen) atoms. The maximum Gasteiger partial charge on any atom is 0.123 e. The van der Waals surface area contributed by atoms with Crippen molar-refractivity contribution in [1.82, 2.24) is 5.32 Å². The first kappa shape index (κ1) is 16.2. The van der Waals surface area contributed by atoms with E-state index in [1.54, 1.807) is 12.1 Å². The van der Waals surface area contributed by atoms with E-state index in [1.165, 1.54) is 12.1 Å². The van der Waals surface area contributed by atoms with Crippen LogP contribution in [0.4, 0.5) is 4.39 Å². The molecule has 0 radical (unpaired) electrons. The molecule has 2 unspecified atom stereocenters. The number of hydrogen-bond acceptors (Lipinski definition) is 4. The molecule has 1 heterocycles. The Morgan fingerprint density at radius 2 is 2.14 bits per heavy atom. The Labute approximate surface area is 125 Å². The summed E-state index contributed by atoms with van der Waals surface area (Å²) in [5.41, 5.74) is -0.106. The number of ether oxygens (including phenoxy) is 2. The van der Waals surface area contributed by atoms with Crippen molar-refractivity contribution in [1.29, 1.82) is 0 Å². The Balaban J connectivity index is 1.67. The fraction of sp³-hybridized carbons (Fsp3) is 0.625. The molecule has 0 saturated carbocycles. The van der Waals surface area contributed by atoms with Gasteiger partial charge in [-0.1, -0.05) is 0 Å². The van der Waals surface area contributed by atoms with Crippen molar-refractivity contribution in [2.45, 2.75) is 44.4 Å². The van der Waals surface area contributed by atoms with Crippen LogP contribution in [-0.4, -0.2) is 42.6 Å². The highest BCUT2D eigenvalue weighted by Crippen LogP contribution is 2.23. The standard InChI is InChI=1S/C16H24FNO3/c1-16(2)9-13(7-8-21-16)18-10-14(19)11-20-15-5-3-12(17)4-6-15/h3-6,13-14,18-19H,7-11H2,1-2H3. The second-order valence-corrected chi connectivity index (χ2v) is 6.12. The topological polar surface area (TPSA) is 50.7 Å². The van der Waals surface area contributed by atoms with Crippen LogP contribution >= 0.6 is 0 Å². The van der Waals surface area contributed by atoms with Gasteiger partial charge in [0.1, 0.15) is 24.3 Å². The second kappa shape index (κ2) is 7.20. The summed E-state index contributed by atoms with van der Waals surface area (Å²) in [6.07, 6.45) is 1.29. The lowest BCUT2D eigenvalue weighted by Gasteiger charge is -2.36. The van der Waals surface area contributed by atoms with Crippen molar-refractivity contribution < 1.29 is 19.0 Å². The third-order valence-corrected chi connectivity index (χ3v) is 3.60. The normalized spacial score (nSPS) is 22.8. The fourth-order valence-corrected chi connectivity index (χ4v) is 2.49. The van der Waals surface area contributed by atoms with E-state index in [0.29, 0.717) is 18.3 Å². The Hall–Kier alpha value is -1.17. The van der Waals surface area contributed by atoms with Crippen molar-refractivity contribution in [3.63, 3.8) is 0 Å². The zero-order chi connectivity index (χ0) is 15.3. The van der Waals surface area contributed by atoms with Crippen LogP contribution in [0.15, 0.2) is 24.3 Å². The number of hydrogen-bond donors (Lipinski definition) is 2. The minimum atomic E-state index is -0.596. The second-order valence-electron chi connectivity index (χ2n) is 6.12. The van der Waals surface area contributed by atoms with Crippen LogP contribution in [-0.2, 0) is 4.74 Å². The van der Waals surface area contributed by atoms with Gasteiger partial charge < -0.3 is 19.9 Å². The minimum absolute atomic E-state index is 0.106. The fourth-order valence-electron chi connectivity index (χ4n) is 2.49. The molecule has 0 aliphatic carbocycles. The smallest absolute Gasteiger partial charge is 0.123 e. The molecule has 0 bridgehead atoms. The lowest BCUT2D eigenvalue weighted by atomic mass is 9.94. The van der Waals surface area contributed by atoms with Crippen LogP contribution in [0.25, 0.3) is 0 Å². The van der Waals surface area contributed by atoms with Crippen molar-refractivity contribution in [3.05, 3.63) is 30.1 Å². The highest BCUT2D eigenvalue weighted by molar-refractivity contribution is 5.22. The SMILES string of the molecule is CC1(C)CC(NCC(O)COc2ccc(F)cc2)CCO1. The van der Waals surface area contributed by atoms with Gasteiger partial charge in [-0.25, -0.2) is 4.39 Å². The van der Waals surface area contributed by atoms with Gasteiger partial charge in [0.25, 0.3) is 0 Å². The van der Waals surface area contributed by atoms with Crippen molar-refractivity contribution in [3.8, 4) is 5.75 Å². The molecular weight excluding hydrogens is 273 g/mol. The van der Waals surface area contributed by atoms with E-state index in [1.807, 2.05) is 0 Å². The summed E-state index contributed by atoms with van der Waals surface area (Å²) in [5, 5.41) is 13.3. The van der Waals surface area contributed by atoms with Crippen LogP contribution in [0.5, 0.6) is 5.75 Å². The summed E-state index contributed by atoms with van der Waals surface area (Å²) in [6.45, 7) is 5.56. The number of aliphatic hydroxyl groups is 1. The first-order chi connectivity index (χ1) is 9.94. The molecule has 2 rings (SSSR count). The van der Waals surface area contributed by atoms with Crippen LogP contribution in [0.3, 0.4) is 0 Å². The molecule has 1 aromatic rings. The molecule has 0 amide bonds. The number of nitrogens with one attached hydrogen (secondary N) is 1. The number of halogens is 1. The van der Waals surface area contributed by atoms with Crippen LogP contribution in [0.2, 0.25) is 0 Å². The van der Waals surface area contributed by atoms with Gasteiger partial charge in [-0.3, -0.25) is 0 Å². The van der Waals surface area contributed by atoms with Crippen molar-refractivity contribution in [2.24, 2.45) is 0 Å². The highest BCUT2D eigenvalue weighted by atomic mass is 19.1. The molecule has 1 fully saturated rings. The predicted octanol–water partition coefficient (Wildman–Crippen LogP) is 2.11. The van der Waals surface area contributed by atoms with Crippen molar-refractivity contribution in [2.75, 3.05) is 19.8 Å². The Bertz CT molecular complexity index is 436. The Morgan fingerprint density at radius 1 is 1.43 bits per heavy atom. The Kier molecular flexibility index (Phi) is 5.56. The van der Waals surface area contributed by atoms with Gasteiger partial charge in [0.05, 0.1) is 5.60 Å². The third kappa shape index (κ3) is 5.61. The summed E-state index contributed by atoms with van der Waals surface area (Å²) < 4.78 is 23.8. The summed E-state index contributed by atoms with van der Waals surface area (Å²) in [5.74, 6) is 0.259. The summed E-state index contributed by atoms with van der Waals surface area (Å²) in [6, 6.07) is 6.13. The van der Waals surface area contributed by atoms with E-state index in [0.717, 1.165) is 19.4 Å². The molecule has 0 aromatic heterocycles. The van der Waals surface area contributed by atoms with Gasteiger partial charge in [0.2, 0.25) is 0 Å². The molecular formula is C16H24FNO3. The molecule has 1 aliphatic rings. The van der Waals surface area contributed by atoms with Gasteiger partial charge in [0.15, 0.2) is 0 Å². The molecule has 2 atom stereocenters. The zero-order valence-corrected chi connectivity index (χ0v) is 12.6. The highest BCUT2D eigenvalue weighted by Gasteiger charge is 2.28. The number of benzene rings is 1. The maximum absolute atomic E-state index is 12.7. The Morgan fingerprint density at radius 3 is 2.81 bits per heavy atom. The zero-order valence-electron chi connectivity index (χ0n) is 12.6. The molecule has 0 spiro atoms. The summed E-state index contributed by atoms with van der Waals surface area (Å²) in [7, 11) is 0. The van der Waals surface area contributed by atoms with E-state index >= 15 is 0 Å². The number of aliphatic hydroxyl groups excluding tert-OH is 1. The van der Waals surface area contributed by atoms with E-state index in [-0.39, 0.29) is 18.0 Å². The third-order valence-electron chi connectivity index (χ3n) is 3.60. The van der Waals surface area contributed by atoms with E-state index in [4.69, 9.17) is 9.47 Å². The molecule has 1 saturated heterocycles. The van der Waals surface area contributed by atoms with Gasteiger partial charge >= 0.3 is 0 Å². The first-order valence-corrected chi connectivity index (χ1v) is 7.38. The lowest BCUT2D eigenvalue weighted by molar-refractivity contribution is -0.0641. The van der Waals surface area contributed by atoms with E-state index in [9.17, 15) is 9.50 Å². The van der Waals surface area contributed by atoms with Crippen LogP contribution < -0.4 is 10.1 Å². The van der Waals surface area contributed by atoms with Crippen molar-refractivity contribution >= 4 is 0 Å². The quantitative estimate of drug-likeness (QED) is 0.844. The largest absolute Gasteiger partial charge is 0.491 e. The molecule has 5 heteroatoms. The van der Waals surface area contributed by atoms with Gasteiger partial charge in [-0.15, -0.1) is 0 Å². The average Bonchev–Trinajstić information content (AvgIpc) is 2.43.